The summed E-state index contributed by atoms with van der Waals surface area (Å²) in [7, 11) is 0. The van der Waals surface area contributed by atoms with Crippen LogP contribution in [0.1, 0.15) is 56.6 Å². The maximum atomic E-state index is 10.8. The number of carbonyl (C=O) groups excluding carboxylic acids is 1. The highest BCUT2D eigenvalue weighted by Crippen LogP contribution is 2.24. The van der Waals surface area contributed by atoms with E-state index in [0.717, 1.165) is 43.4 Å². The first-order chi connectivity index (χ1) is 11.4. The standard InChI is InChI=1S/C19H29NO4/c1-14(11-12-18(20)21)13-24-17-9-6-8-16(15(17)2)7-4-3-5-10-19(22)23/h6,8-9,14H,3-5,7,10-13H2,1-2H3,(H2,20,21)(H,22,23)/t14-/m0/s1. The Balaban J connectivity index is 2.43. The van der Waals surface area contributed by atoms with Crippen molar-refractivity contribution in [2.24, 2.45) is 11.7 Å². The van der Waals surface area contributed by atoms with E-state index in [9.17, 15) is 9.59 Å². The topological polar surface area (TPSA) is 89.6 Å². The second-order valence-corrected chi connectivity index (χ2v) is 6.42. The number of hydrogen-bond donors (Lipinski definition) is 2. The van der Waals surface area contributed by atoms with E-state index in [0.29, 0.717) is 13.0 Å². The Bertz CT molecular complexity index is 542. The van der Waals surface area contributed by atoms with Gasteiger partial charge in [-0.15, -0.1) is 0 Å². The molecule has 0 aliphatic heterocycles. The maximum absolute atomic E-state index is 10.8. The van der Waals surface area contributed by atoms with Gasteiger partial charge in [-0.1, -0.05) is 25.5 Å². The third-order valence-corrected chi connectivity index (χ3v) is 4.14. The van der Waals surface area contributed by atoms with Crippen molar-refractivity contribution in [1.82, 2.24) is 0 Å². The van der Waals surface area contributed by atoms with Crippen molar-refractivity contribution in [2.75, 3.05) is 6.61 Å². The van der Waals surface area contributed by atoms with Gasteiger partial charge in [-0.2, -0.15) is 0 Å². The molecule has 0 aliphatic rings. The van der Waals surface area contributed by atoms with E-state index in [4.69, 9.17) is 15.6 Å². The second kappa shape index (κ2) is 10.7. The minimum absolute atomic E-state index is 0.241. The number of primary amides is 1. The van der Waals surface area contributed by atoms with Crippen LogP contribution in [-0.4, -0.2) is 23.6 Å². The molecule has 1 aromatic carbocycles. The fourth-order valence-electron chi connectivity index (χ4n) is 2.56. The van der Waals surface area contributed by atoms with E-state index < -0.39 is 5.97 Å². The van der Waals surface area contributed by atoms with Crippen LogP contribution in [0.2, 0.25) is 0 Å². The Kier molecular flexibility index (Phi) is 8.90. The Labute approximate surface area is 144 Å². The maximum Gasteiger partial charge on any atom is 0.303 e. The zero-order valence-electron chi connectivity index (χ0n) is 14.7. The van der Waals surface area contributed by atoms with Gasteiger partial charge in [0.05, 0.1) is 6.61 Å². The summed E-state index contributed by atoms with van der Waals surface area (Å²) in [6, 6.07) is 6.04. The van der Waals surface area contributed by atoms with E-state index in [2.05, 4.69) is 13.0 Å². The number of carboxylic acids is 1. The summed E-state index contributed by atoms with van der Waals surface area (Å²) < 4.78 is 5.90. The molecule has 0 heterocycles. The van der Waals surface area contributed by atoms with Gasteiger partial charge in [0.1, 0.15) is 5.75 Å². The molecule has 0 aromatic heterocycles. The van der Waals surface area contributed by atoms with Crippen molar-refractivity contribution < 1.29 is 19.4 Å². The van der Waals surface area contributed by atoms with Crippen molar-refractivity contribution in [3.63, 3.8) is 0 Å². The van der Waals surface area contributed by atoms with Crippen molar-refractivity contribution >= 4 is 11.9 Å². The van der Waals surface area contributed by atoms with Gasteiger partial charge in [0.2, 0.25) is 5.91 Å². The molecular formula is C19H29NO4. The van der Waals surface area contributed by atoms with Crippen molar-refractivity contribution in [3.8, 4) is 5.75 Å². The summed E-state index contributed by atoms with van der Waals surface area (Å²) in [4.78, 5) is 21.3. The molecule has 3 N–H and O–H groups in total. The van der Waals surface area contributed by atoms with E-state index in [1.807, 2.05) is 19.1 Å². The summed E-state index contributed by atoms with van der Waals surface area (Å²) in [6.45, 7) is 4.66. The third-order valence-electron chi connectivity index (χ3n) is 4.14. The smallest absolute Gasteiger partial charge is 0.303 e. The van der Waals surface area contributed by atoms with Gasteiger partial charge in [0.15, 0.2) is 0 Å². The van der Waals surface area contributed by atoms with Gasteiger partial charge in [-0.3, -0.25) is 9.59 Å². The van der Waals surface area contributed by atoms with Crippen LogP contribution < -0.4 is 10.5 Å². The highest BCUT2D eigenvalue weighted by atomic mass is 16.5. The van der Waals surface area contributed by atoms with Crippen LogP contribution in [0.5, 0.6) is 5.75 Å². The molecule has 0 radical (unpaired) electrons. The first-order valence-electron chi connectivity index (χ1n) is 8.61. The highest BCUT2D eigenvalue weighted by Gasteiger charge is 2.09. The number of benzene rings is 1. The zero-order valence-corrected chi connectivity index (χ0v) is 14.7. The lowest BCUT2D eigenvalue weighted by Gasteiger charge is -2.16. The van der Waals surface area contributed by atoms with Crippen LogP contribution in [0.3, 0.4) is 0 Å². The molecule has 5 nitrogen and oxygen atoms in total. The molecule has 1 aromatic rings. The van der Waals surface area contributed by atoms with Crippen LogP contribution in [0, 0.1) is 12.8 Å². The summed E-state index contributed by atoms with van der Waals surface area (Å²) in [5.74, 6) is 0.149. The van der Waals surface area contributed by atoms with Gasteiger partial charge in [0, 0.05) is 12.8 Å². The molecular weight excluding hydrogens is 306 g/mol. The first kappa shape index (κ1) is 20.0. The number of aryl methyl sites for hydroxylation is 1. The average Bonchev–Trinajstić information content (AvgIpc) is 2.52. The number of carboxylic acid groups (broad SMARTS) is 1. The zero-order chi connectivity index (χ0) is 17.9. The number of aliphatic carboxylic acids is 1. The summed E-state index contributed by atoms with van der Waals surface area (Å²) in [6.07, 6.45) is 4.91. The first-order valence-corrected chi connectivity index (χ1v) is 8.61. The van der Waals surface area contributed by atoms with Crippen molar-refractivity contribution in [3.05, 3.63) is 29.3 Å². The van der Waals surface area contributed by atoms with Gasteiger partial charge < -0.3 is 15.6 Å². The van der Waals surface area contributed by atoms with E-state index in [1.54, 1.807) is 0 Å². The number of rotatable bonds is 12. The molecule has 1 atom stereocenters. The number of amides is 1. The van der Waals surface area contributed by atoms with Crippen molar-refractivity contribution in [2.45, 2.75) is 58.8 Å². The Hall–Kier alpha value is -2.04. The minimum Gasteiger partial charge on any atom is -0.493 e. The summed E-state index contributed by atoms with van der Waals surface area (Å²) in [5.41, 5.74) is 7.54. The minimum atomic E-state index is -0.730. The molecule has 5 heteroatoms. The monoisotopic (exact) mass is 335 g/mol. The lowest BCUT2D eigenvalue weighted by molar-refractivity contribution is -0.137. The molecule has 0 aliphatic carbocycles. The Morgan fingerprint density at radius 3 is 2.62 bits per heavy atom. The van der Waals surface area contributed by atoms with Gasteiger partial charge in [0.25, 0.3) is 0 Å². The van der Waals surface area contributed by atoms with Crippen LogP contribution in [0.4, 0.5) is 0 Å². The number of nitrogens with two attached hydrogens (primary N) is 1. The van der Waals surface area contributed by atoms with Gasteiger partial charge in [-0.25, -0.2) is 0 Å². The molecule has 1 rings (SSSR count). The highest BCUT2D eigenvalue weighted by molar-refractivity contribution is 5.73. The molecule has 24 heavy (non-hydrogen) atoms. The lowest BCUT2D eigenvalue weighted by Crippen LogP contribution is -2.15. The molecule has 0 saturated heterocycles. The van der Waals surface area contributed by atoms with E-state index in [1.165, 1.54) is 5.56 Å². The quantitative estimate of drug-likeness (QED) is 0.572. The Morgan fingerprint density at radius 1 is 1.21 bits per heavy atom. The molecule has 134 valence electrons. The summed E-state index contributed by atoms with van der Waals surface area (Å²) >= 11 is 0. The molecule has 0 bridgehead atoms. The average molecular weight is 335 g/mol. The molecule has 0 unspecified atom stereocenters. The van der Waals surface area contributed by atoms with Gasteiger partial charge >= 0.3 is 5.97 Å². The largest absolute Gasteiger partial charge is 0.493 e. The van der Waals surface area contributed by atoms with Crippen LogP contribution in [0.25, 0.3) is 0 Å². The fraction of sp³-hybridized carbons (Fsp3) is 0.579. The SMILES string of the molecule is Cc1c(CCCCCC(=O)O)cccc1OC[C@@H](C)CCC(N)=O. The van der Waals surface area contributed by atoms with Crippen molar-refractivity contribution in [1.29, 1.82) is 0 Å². The number of hydrogen-bond acceptors (Lipinski definition) is 3. The predicted molar refractivity (Wildman–Crippen MR) is 94.1 cm³/mol. The number of ether oxygens (including phenoxy) is 1. The third kappa shape index (κ3) is 7.99. The van der Waals surface area contributed by atoms with Crippen LogP contribution in [0.15, 0.2) is 18.2 Å². The molecule has 0 saturated carbocycles. The van der Waals surface area contributed by atoms with E-state index >= 15 is 0 Å². The van der Waals surface area contributed by atoms with Crippen LogP contribution in [-0.2, 0) is 16.0 Å². The molecule has 0 fully saturated rings. The molecule has 0 spiro atoms. The predicted octanol–water partition coefficient (Wildman–Crippen LogP) is 3.46. The van der Waals surface area contributed by atoms with E-state index in [-0.39, 0.29) is 18.2 Å². The summed E-state index contributed by atoms with van der Waals surface area (Å²) in [5, 5.41) is 8.64. The van der Waals surface area contributed by atoms with Crippen LogP contribution >= 0.6 is 0 Å². The number of unbranched alkanes of at least 4 members (excludes halogenated alkanes) is 2. The molecule has 1 amide bonds. The fourth-order valence-corrected chi connectivity index (χ4v) is 2.56. The second-order valence-electron chi connectivity index (χ2n) is 6.42. The normalized spacial score (nSPS) is 11.9. The lowest BCUT2D eigenvalue weighted by atomic mass is 10.0. The van der Waals surface area contributed by atoms with Gasteiger partial charge in [-0.05, 0) is 55.7 Å². The number of carbonyl (C=O) groups is 2. The Morgan fingerprint density at radius 2 is 1.96 bits per heavy atom.